The topological polar surface area (TPSA) is 95.1 Å². The zero-order chi connectivity index (χ0) is 24.5. The maximum absolute atomic E-state index is 12.1. The molecule has 2 aromatic carbocycles. The van der Waals surface area contributed by atoms with Crippen molar-refractivity contribution in [2.75, 3.05) is 30.5 Å². The van der Waals surface area contributed by atoms with Crippen LogP contribution in [0.4, 0.5) is 21.0 Å². The van der Waals surface area contributed by atoms with Gasteiger partial charge in [-0.1, -0.05) is 43.7 Å². The standard InChI is InChI=1S/C27H30N2O6/c1-2-32-17-18-34-25(30)28-22-9-5-20(6-10-22)27(14-3-4-15-27)21-7-11-23(12-8-21)29-26(31)35-24-13-16-33-19-24/h2,5-13,16,24H,1,3-4,14-15,17-19H2,(H,28,30)(H,29,31). The molecule has 35 heavy (non-hydrogen) atoms. The SMILES string of the molecule is C=COCCOC(=O)Nc1ccc(C2(c3ccc(NC(=O)OC4C=COC4)cc3)CCCC2)cc1. The van der Waals surface area contributed by atoms with E-state index in [1.165, 1.54) is 23.7 Å². The predicted molar refractivity (Wildman–Crippen MR) is 132 cm³/mol. The number of carbonyl (C=O) groups excluding carboxylic acids is 2. The monoisotopic (exact) mass is 478 g/mol. The van der Waals surface area contributed by atoms with Crippen LogP contribution in [0.25, 0.3) is 0 Å². The summed E-state index contributed by atoms with van der Waals surface area (Å²) < 4.78 is 20.4. The molecule has 4 rings (SSSR count). The fourth-order valence-corrected chi connectivity index (χ4v) is 4.59. The summed E-state index contributed by atoms with van der Waals surface area (Å²) >= 11 is 0. The van der Waals surface area contributed by atoms with Gasteiger partial charge in [0, 0.05) is 16.8 Å². The van der Waals surface area contributed by atoms with E-state index in [1.54, 1.807) is 6.08 Å². The summed E-state index contributed by atoms with van der Waals surface area (Å²) in [6.07, 6.45) is 7.50. The number of nitrogens with one attached hydrogen (secondary N) is 2. The molecule has 2 N–H and O–H groups in total. The maximum atomic E-state index is 12.1. The molecule has 0 saturated heterocycles. The summed E-state index contributed by atoms with van der Waals surface area (Å²) in [5, 5.41) is 5.50. The molecule has 2 aromatic rings. The van der Waals surface area contributed by atoms with E-state index in [2.05, 4.69) is 41.5 Å². The summed E-state index contributed by atoms with van der Waals surface area (Å²) in [5.41, 5.74) is 3.62. The van der Waals surface area contributed by atoms with E-state index in [0.717, 1.165) is 25.7 Å². The molecule has 2 aliphatic rings. The number of rotatable bonds is 9. The third kappa shape index (κ3) is 6.15. The highest BCUT2D eigenvalue weighted by Crippen LogP contribution is 2.46. The molecular weight excluding hydrogens is 448 g/mol. The Kier molecular flexibility index (Phi) is 7.92. The Labute approximate surface area is 204 Å². The summed E-state index contributed by atoms with van der Waals surface area (Å²) in [5.74, 6) is 0. The fraction of sp³-hybridized carbons (Fsp3) is 0.333. The minimum absolute atomic E-state index is 0.105. The first-order valence-corrected chi connectivity index (χ1v) is 11.7. The van der Waals surface area contributed by atoms with E-state index in [9.17, 15) is 9.59 Å². The molecule has 1 atom stereocenters. The third-order valence-electron chi connectivity index (χ3n) is 6.29. The van der Waals surface area contributed by atoms with Crippen molar-refractivity contribution >= 4 is 23.6 Å². The van der Waals surface area contributed by atoms with E-state index in [1.807, 2.05) is 24.3 Å². The Bertz CT molecular complexity index is 1040. The molecule has 1 fully saturated rings. The van der Waals surface area contributed by atoms with Gasteiger partial charge in [-0.15, -0.1) is 0 Å². The molecule has 0 spiro atoms. The highest BCUT2D eigenvalue weighted by molar-refractivity contribution is 5.85. The number of hydrogen-bond donors (Lipinski definition) is 2. The molecule has 0 aromatic heterocycles. The third-order valence-corrected chi connectivity index (χ3v) is 6.29. The molecule has 1 aliphatic carbocycles. The average molecular weight is 479 g/mol. The van der Waals surface area contributed by atoms with Gasteiger partial charge in [0.1, 0.15) is 19.8 Å². The Morgan fingerprint density at radius 1 is 0.943 bits per heavy atom. The van der Waals surface area contributed by atoms with Crippen LogP contribution in [0.1, 0.15) is 36.8 Å². The van der Waals surface area contributed by atoms with Crippen molar-refractivity contribution in [3.63, 3.8) is 0 Å². The van der Waals surface area contributed by atoms with Gasteiger partial charge in [-0.25, -0.2) is 9.59 Å². The lowest BCUT2D eigenvalue weighted by molar-refractivity contribution is 0.104. The van der Waals surface area contributed by atoms with Crippen LogP contribution < -0.4 is 10.6 Å². The molecule has 184 valence electrons. The van der Waals surface area contributed by atoms with Crippen LogP contribution in [0.2, 0.25) is 0 Å². The van der Waals surface area contributed by atoms with Crippen LogP contribution >= 0.6 is 0 Å². The second-order valence-corrected chi connectivity index (χ2v) is 8.47. The van der Waals surface area contributed by atoms with Crippen LogP contribution in [-0.4, -0.2) is 38.1 Å². The molecule has 2 amide bonds. The highest BCUT2D eigenvalue weighted by Gasteiger charge is 2.37. The molecular formula is C27H30N2O6. The van der Waals surface area contributed by atoms with Crippen molar-refractivity contribution in [3.05, 3.63) is 84.8 Å². The molecule has 1 unspecified atom stereocenters. The molecule has 1 heterocycles. The number of hydrogen-bond acceptors (Lipinski definition) is 6. The molecule has 8 nitrogen and oxygen atoms in total. The Hall–Kier alpha value is -3.94. The molecule has 1 saturated carbocycles. The molecule has 0 radical (unpaired) electrons. The molecule has 1 aliphatic heterocycles. The van der Waals surface area contributed by atoms with Gasteiger partial charge in [0.25, 0.3) is 0 Å². The number of amides is 2. The lowest BCUT2D eigenvalue weighted by Crippen LogP contribution is -2.24. The summed E-state index contributed by atoms with van der Waals surface area (Å²) in [7, 11) is 0. The van der Waals surface area contributed by atoms with Gasteiger partial charge < -0.3 is 18.9 Å². The van der Waals surface area contributed by atoms with E-state index in [-0.39, 0.29) is 24.7 Å². The summed E-state index contributed by atoms with van der Waals surface area (Å²) in [6.45, 7) is 4.19. The van der Waals surface area contributed by atoms with E-state index < -0.39 is 12.2 Å². The molecule has 8 heteroatoms. The zero-order valence-corrected chi connectivity index (χ0v) is 19.5. The van der Waals surface area contributed by atoms with Crippen molar-refractivity contribution in [3.8, 4) is 0 Å². The van der Waals surface area contributed by atoms with E-state index >= 15 is 0 Å². The van der Waals surface area contributed by atoms with Crippen molar-refractivity contribution in [1.82, 2.24) is 0 Å². The van der Waals surface area contributed by atoms with Gasteiger partial charge in [-0.2, -0.15) is 0 Å². The van der Waals surface area contributed by atoms with Crippen LogP contribution in [0.3, 0.4) is 0 Å². The summed E-state index contributed by atoms with van der Waals surface area (Å²) in [4.78, 5) is 24.1. The van der Waals surface area contributed by atoms with Crippen molar-refractivity contribution in [2.45, 2.75) is 37.2 Å². The number of anilines is 2. The number of carbonyl (C=O) groups is 2. The van der Waals surface area contributed by atoms with Crippen molar-refractivity contribution in [2.24, 2.45) is 0 Å². The quantitative estimate of drug-likeness (QED) is 0.354. The Morgan fingerprint density at radius 3 is 2.09 bits per heavy atom. The normalized spacial score (nSPS) is 17.8. The maximum Gasteiger partial charge on any atom is 0.412 e. The minimum atomic E-state index is -0.529. The first kappa shape index (κ1) is 24.2. The second kappa shape index (κ2) is 11.5. The first-order valence-electron chi connectivity index (χ1n) is 11.7. The van der Waals surface area contributed by atoms with Crippen LogP contribution in [-0.2, 0) is 24.4 Å². The van der Waals surface area contributed by atoms with Crippen LogP contribution in [0.15, 0.2) is 73.7 Å². The highest BCUT2D eigenvalue weighted by atomic mass is 16.6. The largest absolute Gasteiger partial charge is 0.498 e. The fourth-order valence-electron chi connectivity index (χ4n) is 4.59. The number of ether oxygens (including phenoxy) is 4. The summed E-state index contributed by atoms with van der Waals surface area (Å²) in [6, 6.07) is 15.8. The van der Waals surface area contributed by atoms with Gasteiger partial charge in [-0.05, 0) is 54.3 Å². The average Bonchev–Trinajstić information content (AvgIpc) is 3.56. The van der Waals surface area contributed by atoms with Gasteiger partial charge >= 0.3 is 12.2 Å². The van der Waals surface area contributed by atoms with Gasteiger partial charge in [0.15, 0.2) is 6.10 Å². The van der Waals surface area contributed by atoms with Crippen molar-refractivity contribution < 1.29 is 28.5 Å². The Morgan fingerprint density at radius 2 is 1.54 bits per heavy atom. The minimum Gasteiger partial charge on any atom is -0.498 e. The van der Waals surface area contributed by atoms with Crippen LogP contribution in [0.5, 0.6) is 0 Å². The van der Waals surface area contributed by atoms with E-state index in [0.29, 0.717) is 18.0 Å². The zero-order valence-electron chi connectivity index (χ0n) is 19.5. The van der Waals surface area contributed by atoms with Crippen molar-refractivity contribution in [1.29, 1.82) is 0 Å². The first-order chi connectivity index (χ1) is 17.1. The van der Waals surface area contributed by atoms with Crippen LogP contribution in [0, 0.1) is 0 Å². The smallest absolute Gasteiger partial charge is 0.412 e. The van der Waals surface area contributed by atoms with E-state index in [4.69, 9.17) is 18.9 Å². The lowest BCUT2D eigenvalue weighted by Gasteiger charge is -2.31. The lowest BCUT2D eigenvalue weighted by atomic mass is 9.73. The number of benzene rings is 2. The van der Waals surface area contributed by atoms with Gasteiger partial charge in [0.2, 0.25) is 0 Å². The Balaban J connectivity index is 1.39. The van der Waals surface area contributed by atoms with Gasteiger partial charge in [-0.3, -0.25) is 10.6 Å². The predicted octanol–water partition coefficient (Wildman–Crippen LogP) is 5.72. The second-order valence-electron chi connectivity index (χ2n) is 8.47. The van der Waals surface area contributed by atoms with Gasteiger partial charge in [0.05, 0.1) is 12.5 Å². The molecule has 0 bridgehead atoms.